The van der Waals surface area contributed by atoms with Crippen molar-refractivity contribution in [1.82, 2.24) is 0 Å². The van der Waals surface area contributed by atoms with Crippen LogP contribution in [0.3, 0.4) is 0 Å². The van der Waals surface area contributed by atoms with Crippen LogP contribution in [-0.4, -0.2) is 26.3 Å². The molecule has 34 heavy (non-hydrogen) atoms. The second-order valence-electron chi connectivity index (χ2n) is 8.47. The van der Waals surface area contributed by atoms with Gasteiger partial charge >= 0.3 is 5.97 Å². The normalized spacial score (nSPS) is 14.0. The minimum Gasteiger partial charge on any atom is -0.493 e. The SMILES string of the molecule is COC(=O)CC1COc2cc(NCc3cccc(-c4c(C)cc(OCC#N)cc4C)c3)ccc21. The molecule has 1 heterocycles. The number of aryl methyl sites for hydroxylation is 2. The van der Waals surface area contributed by atoms with Crippen LogP contribution >= 0.6 is 0 Å². The molecule has 0 spiro atoms. The topological polar surface area (TPSA) is 80.6 Å². The van der Waals surface area contributed by atoms with Gasteiger partial charge in [0.1, 0.15) is 17.6 Å². The highest BCUT2D eigenvalue weighted by Gasteiger charge is 2.26. The molecule has 1 N–H and O–H groups in total. The summed E-state index contributed by atoms with van der Waals surface area (Å²) in [5.74, 6) is 1.35. The van der Waals surface area contributed by atoms with Gasteiger partial charge in [0.2, 0.25) is 0 Å². The Morgan fingerprint density at radius 2 is 1.94 bits per heavy atom. The summed E-state index contributed by atoms with van der Waals surface area (Å²) in [6.07, 6.45) is 0.327. The summed E-state index contributed by atoms with van der Waals surface area (Å²) in [6.45, 7) is 5.32. The Bertz CT molecular complexity index is 1220. The van der Waals surface area contributed by atoms with Gasteiger partial charge in [0, 0.05) is 29.8 Å². The number of esters is 1. The Labute approximate surface area is 200 Å². The summed E-state index contributed by atoms with van der Waals surface area (Å²) in [5.41, 5.74) is 7.70. The van der Waals surface area contributed by atoms with Crippen molar-refractivity contribution < 1.29 is 19.0 Å². The number of carbonyl (C=O) groups excluding carboxylic acids is 1. The molecule has 3 aromatic carbocycles. The molecular formula is C28H28N2O4. The predicted molar refractivity (Wildman–Crippen MR) is 131 cm³/mol. The quantitative estimate of drug-likeness (QED) is 0.449. The third-order valence-corrected chi connectivity index (χ3v) is 6.06. The van der Waals surface area contributed by atoms with Gasteiger partial charge < -0.3 is 19.5 Å². The number of hydrogen-bond donors (Lipinski definition) is 1. The Kier molecular flexibility index (Phi) is 7.03. The van der Waals surface area contributed by atoms with Crippen molar-refractivity contribution in [2.45, 2.75) is 32.7 Å². The largest absolute Gasteiger partial charge is 0.493 e. The fourth-order valence-electron chi connectivity index (χ4n) is 4.46. The molecule has 174 valence electrons. The van der Waals surface area contributed by atoms with Crippen LogP contribution in [0.5, 0.6) is 11.5 Å². The number of nitrogens with one attached hydrogen (secondary N) is 1. The van der Waals surface area contributed by atoms with Crippen LogP contribution in [0.15, 0.2) is 54.6 Å². The molecule has 1 aliphatic rings. The molecule has 3 aromatic rings. The summed E-state index contributed by atoms with van der Waals surface area (Å²) >= 11 is 0. The van der Waals surface area contributed by atoms with E-state index in [1.165, 1.54) is 12.7 Å². The second-order valence-corrected chi connectivity index (χ2v) is 8.47. The molecule has 0 aromatic heterocycles. The number of ether oxygens (including phenoxy) is 3. The summed E-state index contributed by atoms with van der Waals surface area (Å²) < 4.78 is 16.1. The van der Waals surface area contributed by atoms with E-state index in [1.54, 1.807) is 0 Å². The van der Waals surface area contributed by atoms with Gasteiger partial charge in [-0.2, -0.15) is 5.26 Å². The number of fused-ring (bicyclic) bond motifs is 1. The van der Waals surface area contributed by atoms with Crippen molar-refractivity contribution in [3.63, 3.8) is 0 Å². The maximum absolute atomic E-state index is 11.6. The first-order valence-corrected chi connectivity index (χ1v) is 11.3. The fourth-order valence-corrected chi connectivity index (χ4v) is 4.46. The van der Waals surface area contributed by atoms with Gasteiger partial charge in [0.25, 0.3) is 0 Å². The van der Waals surface area contributed by atoms with Crippen LogP contribution in [0.25, 0.3) is 11.1 Å². The minimum atomic E-state index is -0.224. The molecule has 0 radical (unpaired) electrons. The maximum atomic E-state index is 11.6. The molecule has 1 aliphatic heterocycles. The van der Waals surface area contributed by atoms with Crippen LogP contribution < -0.4 is 14.8 Å². The van der Waals surface area contributed by atoms with Crippen molar-refractivity contribution >= 4 is 11.7 Å². The van der Waals surface area contributed by atoms with Gasteiger partial charge in [-0.05, 0) is 65.9 Å². The van der Waals surface area contributed by atoms with Gasteiger partial charge in [-0.3, -0.25) is 4.79 Å². The zero-order valence-corrected chi connectivity index (χ0v) is 19.7. The van der Waals surface area contributed by atoms with E-state index in [1.807, 2.05) is 36.4 Å². The lowest BCUT2D eigenvalue weighted by Gasteiger charge is -2.14. The summed E-state index contributed by atoms with van der Waals surface area (Å²) in [6, 6.07) is 20.5. The number of hydrogen-bond acceptors (Lipinski definition) is 6. The molecule has 0 bridgehead atoms. The van der Waals surface area contributed by atoms with Crippen LogP contribution in [-0.2, 0) is 16.1 Å². The van der Waals surface area contributed by atoms with Crippen LogP contribution in [0, 0.1) is 25.2 Å². The highest BCUT2D eigenvalue weighted by Crippen LogP contribution is 2.38. The smallest absolute Gasteiger partial charge is 0.306 e. The van der Waals surface area contributed by atoms with Gasteiger partial charge in [0.05, 0.1) is 20.1 Å². The van der Waals surface area contributed by atoms with Crippen molar-refractivity contribution in [1.29, 1.82) is 5.26 Å². The number of nitriles is 1. The standard InChI is InChI=1S/C28H28N2O4/c1-18-11-24(33-10-9-29)12-19(2)28(18)21-6-4-5-20(13-21)16-30-23-7-8-25-22(14-27(31)32-3)17-34-26(25)15-23/h4-8,11-13,15,22,30H,10,14,16-17H2,1-3H3. The molecule has 0 saturated carbocycles. The van der Waals surface area contributed by atoms with Crippen molar-refractivity contribution in [2.24, 2.45) is 0 Å². The van der Waals surface area contributed by atoms with E-state index in [-0.39, 0.29) is 18.5 Å². The second kappa shape index (κ2) is 10.3. The van der Waals surface area contributed by atoms with Gasteiger partial charge in [-0.1, -0.05) is 24.3 Å². The van der Waals surface area contributed by atoms with Gasteiger partial charge in [0.15, 0.2) is 6.61 Å². The monoisotopic (exact) mass is 456 g/mol. The average molecular weight is 457 g/mol. The molecule has 0 fully saturated rings. The van der Waals surface area contributed by atoms with Crippen LogP contribution in [0.1, 0.15) is 34.6 Å². The van der Waals surface area contributed by atoms with Crippen LogP contribution in [0.2, 0.25) is 0 Å². The molecule has 0 saturated heterocycles. The van der Waals surface area contributed by atoms with Gasteiger partial charge in [-0.15, -0.1) is 0 Å². The third-order valence-electron chi connectivity index (χ3n) is 6.06. The Hall–Kier alpha value is -3.98. The molecule has 6 heteroatoms. The summed E-state index contributed by atoms with van der Waals surface area (Å²) in [5, 5.41) is 12.2. The molecule has 0 amide bonds. The average Bonchev–Trinajstić information content (AvgIpc) is 3.23. The number of carbonyl (C=O) groups is 1. The molecule has 0 aliphatic carbocycles. The third kappa shape index (κ3) is 5.15. The Morgan fingerprint density at radius 1 is 1.15 bits per heavy atom. The lowest BCUT2D eigenvalue weighted by molar-refractivity contribution is -0.141. The van der Waals surface area contributed by atoms with Crippen LogP contribution in [0.4, 0.5) is 5.69 Å². The first-order valence-electron chi connectivity index (χ1n) is 11.3. The number of nitrogens with zero attached hydrogens (tertiary/aromatic N) is 1. The van der Waals surface area contributed by atoms with Crippen molar-refractivity contribution in [3.8, 4) is 28.7 Å². The Balaban J connectivity index is 1.46. The highest BCUT2D eigenvalue weighted by molar-refractivity contribution is 5.73. The van der Waals surface area contributed by atoms with E-state index < -0.39 is 0 Å². The maximum Gasteiger partial charge on any atom is 0.306 e. The van der Waals surface area contributed by atoms with E-state index in [2.05, 4.69) is 43.4 Å². The molecule has 1 unspecified atom stereocenters. The highest BCUT2D eigenvalue weighted by atomic mass is 16.5. The molecule has 4 rings (SSSR count). The number of rotatable bonds is 8. The van der Waals surface area contributed by atoms with E-state index in [9.17, 15) is 4.79 Å². The first kappa shape index (κ1) is 23.2. The van der Waals surface area contributed by atoms with E-state index in [0.29, 0.717) is 25.3 Å². The molecule has 6 nitrogen and oxygen atoms in total. The van der Waals surface area contributed by atoms with Crippen molar-refractivity contribution in [3.05, 3.63) is 76.9 Å². The predicted octanol–water partition coefficient (Wildman–Crippen LogP) is 5.52. The van der Waals surface area contributed by atoms with Crippen molar-refractivity contribution in [2.75, 3.05) is 25.6 Å². The lowest BCUT2D eigenvalue weighted by atomic mass is 9.94. The van der Waals surface area contributed by atoms with Gasteiger partial charge in [-0.25, -0.2) is 0 Å². The number of anilines is 1. The zero-order valence-electron chi connectivity index (χ0n) is 19.7. The minimum absolute atomic E-state index is 0.0383. The van der Waals surface area contributed by atoms with E-state index in [4.69, 9.17) is 19.5 Å². The zero-order chi connectivity index (χ0) is 24.1. The molecular weight excluding hydrogens is 428 g/mol. The first-order chi connectivity index (χ1) is 16.5. The Morgan fingerprint density at radius 3 is 2.68 bits per heavy atom. The fraction of sp³-hybridized carbons (Fsp3) is 0.286. The molecule has 1 atom stereocenters. The van der Waals surface area contributed by atoms with E-state index in [0.717, 1.165) is 39.3 Å². The summed E-state index contributed by atoms with van der Waals surface area (Å²) in [7, 11) is 1.41. The number of methoxy groups -OCH3 is 1. The number of benzene rings is 3. The van der Waals surface area contributed by atoms with E-state index >= 15 is 0 Å². The lowest BCUT2D eigenvalue weighted by Crippen LogP contribution is -2.09. The summed E-state index contributed by atoms with van der Waals surface area (Å²) in [4.78, 5) is 11.6.